The molecule has 0 aliphatic carbocycles. The maximum atomic E-state index is 11.3. The number of esters is 1. The molecule has 2 atom stereocenters. The standard InChI is InChI=1S/C7H10Cl3NO5/c1-3(12)7(11,4(13)14)5(15)16-2-6(8,9)10/h3,12H,2,11H2,1H3,(H,13,14)/t3-,7+/m1/s1. The lowest BCUT2D eigenvalue weighted by Gasteiger charge is -2.25. The Kier molecular flexibility index (Phi) is 5.28. The van der Waals surface area contributed by atoms with Gasteiger partial charge >= 0.3 is 11.9 Å². The summed E-state index contributed by atoms with van der Waals surface area (Å²) in [6, 6.07) is 0. The van der Waals surface area contributed by atoms with E-state index in [1.807, 2.05) is 0 Å². The molecular formula is C7H10Cl3NO5. The molecule has 0 saturated heterocycles. The van der Waals surface area contributed by atoms with Crippen LogP contribution in [0.4, 0.5) is 0 Å². The Labute approximate surface area is 106 Å². The highest BCUT2D eigenvalue weighted by molar-refractivity contribution is 6.67. The first kappa shape index (κ1) is 15.7. The van der Waals surface area contributed by atoms with Crippen LogP contribution in [0.2, 0.25) is 0 Å². The van der Waals surface area contributed by atoms with Gasteiger partial charge in [0, 0.05) is 0 Å². The number of carbonyl (C=O) groups excluding carboxylic acids is 1. The van der Waals surface area contributed by atoms with E-state index in [1.54, 1.807) is 0 Å². The molecular weight excluding hydrogens is 284 g/mol. The molecule has 0 amide bonds. The van der Waals surface area contributed by atoms with Gasteiger partial charge in [0.2, 0.25) is 9.33 Å². The Morgan fingerprint density at radius 1 is 1.44 bits per heavy atom. The number of ether oxygens (including phenoxy) is 1. The number of aliphatic carboxylic acids is 1. The summed E-state index contributed by atoms with van der Waals surface area (Å²) in [5.41, 5.74) is 2.62. The third-order valence-electron chi connectivity index (χ3n) is 1.72. The Morgan fingerprint density at radius 3 is 2.12 bits per heavy atom. The molecule has 94 valence electrons. The molecule has 0 rings (SSSR count). The summed E-state index contributed by atoms with van der Waals surface area (Å²) in [5, 5.41) is 17.9. The number of hydrogen-bond donors (Lipinski definition) is 3. The smallest absolute Gasteiger partial charge is 0.340 e. The zero-order valence-electron chi connectivity index (χ0n) is 8.11. The van der Waals surface area contributed by atoms with Crippen molar-refractivity contribution in [2.75, 3.05) is 6.61 Å². The molecule has 0 unspecified atom stereocenters. The predicted molar refractivity (Wildman–Crippen MR) is 57.5 cm³/mol. The molecule has 0 aromatic carbocycles. The van der Waals surface area contributed by atoms with E-state index >= 15 is 0 Å². The highest BCUT2D eigenvalue weighted by Crippen LogP contribution is 2.26. The number of alkyl halides is 3. The third-order valence-corrected chi connectivity index (χ3v) is 2.04. The molecule has 0 aromatic heterocycles. The summed E-state index contributed by atoms with van der Waals surface area (Å²) in [4.78, 5) is 22.1. The number of carboxylic acids is 1. The molecule has 6 nitrogen and oxygen atoms in total. The van der Waals surface area contributed by atoms with Gasteiger partial charge in [-0.2, -0.15) is 0 Å². The number of aliphatic hydroxyl groups excluding tert-OH is 1. The average molecular weight is 295 g/mol. The molecule has 0 radical (unpaired) electrons. The van der Waals surface area contributed by atoms with Crippen molar-refractivity contribution in [2.24, 2.45) is 5.73 Å². The number of nitrogens with two attached hydrogens (primary N) is 1. The largest absolute Gasteiger partial charge is 0.479 e. The summed E-state index contributed by atoms with van der Waals surface area (Å²) in [6.45, 7) is 0.361. The molecule has 0 aliphatic heterocycles. The first-order valence-electron chi connectivity index (χ1n) is 3.96. The van der Waals surface area contributed by atoms with Gasteiger partial charge in [0.15, 0.2) is 0 Å². The fourth-order valence-electron chi connectivity index (χ4n) is 0.703. The van der Waals surface area contributed by atoms with E-state index in [9.17, 15) is 9.59 Å². The summed E-state index contributed by atoms with van der Waals surface area (Å²) >= 11 is 15.9. The Morgan fingerprint density at radius 2 is 1.88 bits per heavy atom. The topological polar surface area (TPSA) is 110 Å². The first-order chi connectivity index (χ1) is 7.01. The number of carbonyl (C=O) groups is 2. The van der Waals surface area contributed by atoms with Crippen molar-refractivity contribution in [1.29, 1.82) is 0 Å². The lowest BCUT2D eigenvalue weighted by Crippen LogP contribution is -2.63. The second-order valence-electron chi connectivity index (χ2n) is 3.04. The average Bonchev–Trinajstić information content (AvgIpc) is 2.10. The minimum atomic E-state index is -2.59. The van der Waals surface area contributed by atoms with Crippen LogP contribution in [0.5, 0.6) is 0 Å². The number of hydrogen-bond acceptors (Lipinski definition) is 5. The number of aliphatic hydroxyl groups is 1. The fourth-order valence-corrected chi connectivity index (χ4v) is 0.867. The zero-order valence-corrected chi connectivity index (χ0v) is 10.4. The van der Waals surface area contributed by atoms with E-state index in [2.05, 4.69) is 4.74 Å². The minimum absolute atomic E-state index is 0.671. The summed E-state index contributed by atoms with van der Waals surface area (Å²) in [6.07, 6.45) is -1.66. The molecule has 0 aliphatic rings. The van der Waals surface area contributed by atoms with Gasteiger partial charge in [-0.3, -0.25) is 0 Å². The van der Waals surface area contributed by atoms with Crippen molar-refractivity contribution in [1.82, 2.24) is 0 Å². The van der Waals surface area contributed by atoms with Crippen molar-refractivity contribution >= 4 is 46.7 Å². The highest BCUT2D eigenvalue weighted by Gasteiger charge is 2.49. The van der Waals surface area contributed by atoms with Crippen molar-refractivity contribution in [3.8, 4) is 0 Å². The molecule has 0 bridgehead atoms. The molecule has 0 aromatic rings. The monoisotopic (exact) mass is 293 g/mol. The van der Waals surface area contributed by atoms with Crippen LogP contribution in [0.1, 0.15) is 6.92 Å². The summed E-state index contributed by atoms with van der Waals surface area (Å²) < 4.78 is 2.51. The predicted octanol–water partition coefficient (Wildman–Crippen LogP) is 0.0627. The quantitative estimate of drug-likeness (QED) is 0.384. The highest BCUT2D eigenvalue weighted by atomic mass is 35.6. The van der Waals surface area contributed by atoms with Crippen LogP contribution in [0.3, 0.4) is 0 Å². The van der Waals surface area contributed by atoms with Crippen LogP contribution < -0.4 is 5.73 Å². The molecule has 0 heterocycles. The van der Waals surface area contributed by atoms with Crippen LogP contribution in [0.15, 0.2) is 0 Å². The number of carboxylic acid groups (broad SMARTS) is 1. The van der Waals surface area contributed by atoms with E-state index in [4.69, 9.17) is 50.7 Å². The van der Waals surface area contributed by atoms with Crippen molar-refractivity contribution in [3.63, 3.8) is 0 Å². The van der Waals surface area contributed by atoms with Crippen LogP contribution in [0.25, 0.3) is 0 Å². The van der Waals surface area contributed by atoms with Gasteiger partial charge in [-0.1, -0.05) is 34.8 Å². The molecule has 0 spiro atoms. The van der Waals surface area contributed by atoms with Gasteiger partial charge in [-0.05, 0) is 6.92 Å². The fraction of sp³-hybridized carbons (Fsp3) is 0.714. The first-order valence-corrected chi connectivity index (χ1v) is 5.09. The van der Waals surface area contributed by atoms with Crippen molar-refractivity contribution in [2.45, 2.75) is 22.4 Å². The van der Waals surface area contributed by atoms with Crippen LogP contribution in [0, 0.1) is 0 Å². The van der Waals surface area contributed by atoms with Gasteiger partial charge in [0.1, 0.15) is 6.61 Å². The normalized spacial score (nSPS) is 17.4. The zero-order chi connectivity index (χ0) is 13.1. The van der Waals surface area contributed by atoms with Gasteiger partial charge in [0.05, 0.1) is 6.10 Å². The summed E-state index contributed by atoms with van der Waals surface area (Å²) in [7, 11) is 0. The number of halogens is 3. The van der Waals surface area contributed by atoms with Gasteiger partial charge in [-0.15, -0.1) is 0 Å². The number of rotatable bonds is 4. The van der Waals surface area contributed by atoms with Gasteiger partial charge in [-0.25, -0.2) is 9.59 Å². The lowest BCUT2D eigenvalue weighted by molar-refractivity contribution is -0.166. The van der Waals surface area contributed by atoms with Crippen molar-refractivity contribution < 1.29 is 24.5 Å². The van der Waals surface area contributed by atoms with E-state index < -0.39 is 34.0 Å². The second-order valence-corrected chi connectivity index (χ2v) is 5.56. The third kappa shape index (κ3) is 3.95. The maximum Gasteiger partial charge on any atom is 0.340 e. The minimum Gasteiger partial charge on any atom is -0.479 e. The van der Waals surface area contributed by atoms with Crippen molar-refractivity contribution in [3.05, 3.63) is 0 Å². The molecule has 4 N–H and O–H groups in total. The van der Waals surface area contributed by atoms with Crippen LogP contribution in [-0.4, -0.2) is 44.2 Å². The summed E-state index contributed by atoms with van der Waals surface area (Å²) in [5.74, 6) is -3.13. The Balaban J connectivity index is 4.73. The molecule has 16 heavy (non-hydrogen) atoms. The van der Waals surface area contributed by atoms with E-state index in [1.165, 1.54) is 0 Å². The molecule has 9 heteroatoms. The van der Waals surface area contributed by atoms with Gasteiger partial charge < -0.3 is 20.7 Å². The van der Waals surface area contributed by atoms with Gasteiger partial charge in [0.25, 0.3) is 0 Å². The Bertz CT molecular complexity index is 290. The Hall–Kier alpha value is -0.270. The maximum absolute atomic E-state index is 11.3. The van der Waals surface area contributed by atoms with E-state index in [0.717, 1.165) is 6.92 Å². The molecule has 0 saturated carbocycles. The molecule has 0 fully saturated rings. The lowest BCUT2D eigenvalue weighted by atomic mass is 9.95. The van der Waals surface area contributed by atoms with E-state index in [0.29, 0.717) is 0 Å². The second kappa shape index (κ2) is 5.37. The van der Waals surface area contributed by atoms with Crippen LogP contribution >= 0.6 is 34.8 Å². The van der Waals surface area contributed by atoms with Crippen LogP contribution in [-0.2, 0) is 14.3 Å². The van der Waals surface area contributed by atoms with E-state index in [-0.39, 0.29) is 0 Å². The SMILES string of the molecule is C[C@@H](O)[C@](N)(C(=O)O)C(=O)OCC(Cl)(Cl)Cl.